The van der Waals surface area contributed by atoms with E-state index in [0.717, 1.165) is 16.4 Å². The molecule has 4 rings (SSSR count). The molecule has 0 fully saturated rings. The van der Waals surface area contributed by atoms with E-state index in [1.165, 1.54) is 12.3 Å². The van der Waals surface area contributed by atoms with Gasteiger partial charge in [-0.25, -0.2) is 4.39 Å². The van der Waals surface area contributed by atoms with Gasteiger partial charge in [-0.15, -0.1) is 6.42 Å². The first-order chi connectivity index (χ1) is 16.0. The smallest absolute Gasteiger partial charge is 0.254 e. The van der Waals surface area contributed by atoms with Crippen molar-refractivity contribution in [2.45, 2.75) is 6.04 Å². The van der Waals surface area contributed by atoms with Crippen molar-refractivity contribution in [1.82, 2.24) is 10.3 Å². The quantitative estimate of drug-likeness (QED) is 0.343. The van der Waals surface area contributed by atoms with E-state index in [-0.39, 0.29) is 16.9 Å². The zero-order chi connectivity index (χ0) is 23.4. The number of hydrogen-bond donors (Lipinski definition) is 1. The third-order valence-electron chi connectivity index (χ3n) is 4.98. The lowest BCUT2D eigenvalue weighted by atomic mass is 10.1. The van der Waals surface area contributed by atoms with E-state index >= 15 is 0 Å². The number of amides is 1. The van der Waals surface area contributed by atoms with Gasteiger partial charge in [0.2, 0.25) is 0 Å². The Morgan fingerprint density at radius 2 is 1.82 bits per heavy atom. The topological polar surface area (TPSA) is 85.4 Å². The molecule has 0 saturated heterocycles. The fraction of sp³-hybridized carbons (Fsp3) is 0.0400. The summed E-state index contributed by atoms with van der Waals surface area (Å²) in [6.07, 6.45) is 7.14. The van der Waals surface area contributed by atoms with Crippen molar-refractivity contribution in [2.75, 3.05) is 4.31 Å². The van der Waals surface area contributed by atoms with E-state index in [0.29, 0.717) is 16.5 Å². The largest absolute Gasteiger partial charge is 0.755 e. The van der Waals surface area contributed by atoms with E-state index in [9.17, 15) is 17.9 Å². The van der Waals surface area contributed by atoms with Gasteiger partial charge in [0.1, 0.15) is 11.9 Å². The highest BCUT2D eigenvalue weighted by atomic mass is 32.2. The van der Waals surface area contributed by atoms with Crippen molar-refractivity contribution < 1.29 is 17.9 Å². The van der Waals surface area contributed by atoms with Crippen molar-refractivity contribution in [2.24, 2.45) is 0 Å². The Kier molecular flexibility index (Phi) is 6.45. The molecule has 6 nitrogen and oxygen atoms in total. The lowest BCUT2D eigenvalue weighted by molar-refractivity contribution is 0.0946. The molecule has 0 saturated carbocycles. The third kappa shape index (κ3) is 4.60. The van der Waals surface area contributed by atoms with Crippen LogP contribution in [0.1, 0.15) is 22.0 Å². The van der Waals surface area contributed by atoms with Gasteiger partial charge in [0.05, 0.1) is 33.7 Å². The fourth-order valence-corrected chi connectivity index (χ4v) is 4.11. The molecule has 33 heavy (non-hydrogen) atoms. The first-order valence-electron chi connectivity index (χ1n) is 9.84. The van der Waals surface area contributed by atoms with Gasteiger partial charge in [-0.3, -0.25) is 18.3 Å². The van der Waals surface area contributed by atoms with E-state index in [4.69, 9.17) is 6.42 Å². The van der Waals surface area contributed by atoms with Gasteiger partial charge < -0.3 is 9.87 Å². The molecule has 0 bridgehead atoms. The number of para-hydroxylation sites is 1. The number of fused-ring (bicyclic) bond motifs is 1. The number of terminal acetylenes is 1. The third-order valence-corrected chi connectivity index (χ3v) is 5.67. The number of pyridine rings is 1. The van der Waals surface area contributed by atoms with E-state index in [1.807, 2.05) is 6.07 Å². The molecule has 0 aliphatic carbocycles. The minimum atomic E-state index is -2.84. The van der Waals surface area contributed by atoms with Crippen molar-refractivity contribution >= 4 is 39.5 Å². The molecular formula is C25H17FN3O3S-. The highest BCUT2D eigenvalue weighted by molar-refractivity contribution is 7.81. The van der Waals surface area contributed by atoms with Gasteiger partial charge in [-0.05, 0) is 35.9 Å². The number of nitrogens with zero attached hydrogens (tertiary/aromatic N) is 2. The molecule has 2 unspecified atom stereocenters. The maximum Gasteiger partial charge on any atom is 0.254 e. The second-order valence-corrected chi connectivity index (χ2v) is 7.81. The molecular weight excluding hydrogens is 441 g/mol. The number of carbonyl (C=O) groups excluding carboxylic acids is 1. The molecule has 0 radical (unpaired) electrons. The number of halogens is 1. The lowest BCUT2D eigenvalue weighted by Gasteiger charge is -2.29. The van der Waals surface area contributed by atoms with Crippen LogP contribution in [0.25, 0.3) is 10.9 Å². The molecule has 1 aromatic heterocycles. The average molecular weight is 458 g/mol. The molecule has 2 atom stereocenters. The van der Waals surface area contributed by atoms with Crippen LogP contribution in [0.2, 0.25) is 0 Å². The van der Waals surface area contributed by atoms with Crippen LogP contribution < -0.4 is 9.62 Å². The van der Waals surface area contributed by atoms with E-state index in [2.05, 4.69) is 16.2 Å². The zero-order valence-corrected chi connectivity index (χ0v) is 18.0. The van der Waals surface area contributed by atoms with Crippen molar-refractivity contribution in [3.8, 4) is 12.3 Å². The molecule has 0 aliphatic rings. The first-order valence-corrected chi connectivity index (χ1v) is 10.9. The molecule has 1 amide bonds. The lowest BCUT2D eigenvalue weighted by Crippen LogP contribution is -2.30. The average Bonchev–Trinajstić information content (AvgIpc) is 2.84. The second-order valence-electron chi connectivity index (χ2n) is 7.01. The van der Waals surface area contributed by atoms with Crippen LogP contribution in [0.15, 0.2) is 85.1 Å². The highest BCUT2D eigenvalue weighted by Gasteiger charge is 2.23. The molecule has 1 N–H and O–H groups in total. The molecule has 0 spiro atoms. The minimum absolute atomic E-state index is 0.0378. The number of benzene rings is 3. The van der Waals surface area contributed by atoms with Crippen LogP contribution in [0.3, 0.4) is 0 Å². The summed E-state index contributed by atoms with van der Waals surface area (Å²) in [5.41, 5.74) is 1.06. The number of aromatic nitrogens is 1. The van der Waals surface area contributed by atoms with Crippen LogP contribution in [0.5, 0.6) is 0 Å². The summed E-state index contributed by atoms with van der Waals surface area (Å²) >= 11 is -2.84. The van der Waals surface area contributed by atoms with Crippen LogP contribution in [0, 0.1) is 18.2 Å². The number of anilines is 2. The Morgan fingerprint density at radius 1 is 1.06 bits per heavy atom. The number of rotatable bonds is 6. The van der Waals surface area contributed by atoms with E-state index in [1.54, 1.807) is 54.6 Å². The molecule has 4 aromatic rings. The number of carbonyl (C=O) groups is 1. The van der Waals surface area contributed by atoms with Crippen LogP contribution in [0.4, 0.5) is 15.8 Å². The number of hydrogen-bond acceptors (Lipinski definition) is 4. The van der Waals surface area contributed by atoms with Gasteiger partial charge in [-0.1, -0.05) is 54.5 Å². The zero-order valence-electron chi connectivity index (χ0n) is 17.1. The van der Waals surface area contributed by atoms with Crippen LogP contribution in [-0.4, -0.2) is 19.7 Å². The SMILES string of the molecule is C#CC(NC(=O)c1cc(F)ccc1N(c1cccc2cccnc12)S(=O)[O-])c1ccccc1. The Bertz CT molecular complexity index is 1380. The van der Waals surface area contributed by atoms with Gasteiger partial charge in [-0.2, -0.15) is 0 Å². The second kappa shape index (κ2) is 9.61. The predicted molar refractivity (Wildman–Crippen MR) is 125 cm³/mol. The van der Waals surface area contributed by atoms with Gasteiger partial charge in [0.15, 0.2) is 0 Å². The Labute approximate surface area is 192 Å². The summed E-state index contributed by atoms with van der Waals surface area (Å²) in [5.74, 6) is 1.07. The van der Waals surface area contributed by atoms with Gasteiger partial charge >= 0.3 is 0 Å². The Morgan fingerprint density at radius 3 is 2.55 bits per heavy atom. The minimum Gasteiger partial charge on any atom is -0.755 e. The first kappa shape index (κ1) is 22.1. The van der Waals surface area contributed by atoms with Gasteiger partial charge in [0.25, 0.3) is 5.91 Å². The number of nitrogens with one attached hydrogen (secondary N) is 1. The summed E-state index contributed by atoms with van der Waals surface area (Å²) in [5, 5.41) is 3.37. The highest BCUT2D eigenvalue weighted by Crippen LogP contribution is 2.34. The van der Waals surface area contributed by atoms with Crippen molar-refractivity contribution in [3.05, 3.63) is 102 Å². The van der Waals surface area contributed by atoms with Crippen molar-refractivity contribution in [3.63, 3.8) is 0 Å². The molecule has 3 aromatic carbocycles. The molecule has 0 aliphatic heterocycles. The normalized spacial score (nSPS) is 12.5. The fourth-order valence-electron chi connectivity index (χ4n) is 3.49. The Hall–Kier alpha value is -4.06. The van der Waals surface area contributed by atoms with Gasteiger partial charge in [0, 0.05) is 11.6 Å². The standard InChI is InChI=1S/C25H18FN3O3S/c1-2-21(17-8-4-3-5-9-17)28-25(30)20-16-19(26)13-14-22(20)29(33(31)32)23-12-6-10-18-11-7-15-27-24(18)23/h1,3-16,21H,(H,28,30)(H,31,32)/p-1. The summed E-state index contributed by atoms with van der Waals surface area (Å²) in [6, 6.07) is 19.9. The summed E-state index contributed by atoms with van der Waals surface area (Å²) in [4.78, 5) is 17.5. The van der Waals surface area contributed by atoms with Crippen molar-refractivity contribution in [1.29, 1.82) is 0 Å². The maximum absolute atomic E-state index is 14.2. The summed E-state index contributed by atoms with van der Waals surface area (Å²) in [6.45, 7) is 0. The maximum atomic E-state index is 14.2. The molecule has 1 heterocycles. The van der Waals surface area contributed by atoms with E-state index < -0.39 is 29.0 Å². The predicted octanol–water partition coefficient (Wildman–Crippen LogP) is 4.41. The van der Waals surface area contributed by atoms with Crippen LogP contribution >= 0.6 is 0 Å². The van der Waals surface area contributed by atoms with Crippen LogP contribution in [-0.2, 0) is 11.3 Å². The Balaban J connectivity index is 1.80. The molecule has 164 valence electrons. The summed E-state index contributed by atoms with van der Waals surface area (Å²) < 4.78 is 39.8. The monoisotopic (exact) mass is 458 g/mol. The molecule has 8 heteroatoms. The summed E-state index contributed by atoms with van der Waals surface area (Å²) in [7, 11) is 0.